The fourth-order valence-electron chi connectivity index (χ4n) is 1.15. The zero-order valence-corrected chi connectivity index (χ0v) is 10.5. The molecule has 0 saturated heterocycles. The molecule has 0 unspecified atom stereocenters. The van der Waals surface area contributed by atoms with Crippen molar-refractivity contribution in [1.82, 2.24) is 5.32 Å². The van der Waals surface area contributed by atoms with Gasteiger partial charge in [0, 0.05) is 18.2 Å². The van der Waals surface area contributed by atoms with Crippen LogP contribution in [-0.4, -0.2) is 28.8 Å². The Morgan fingerprint density at radius 1 is 1.47 bits per heavy atom. The van der Waals surface area contributed by atoms with Crippen molar-refractivity contribution in [3.63, 3.8) is 0 Å². The van der Waals surface area contributed by atoms with Crippen LogP contribution in [0.3, 0.4) is 0 Å². The van der Waals surface area contributed by atoms with Gasteiger partial charge in [-0.15, -0.1) is 0 Å². The maximum absolute atomic E-state index is 11.3. The fourth-order valence-corrected chi connectivity index (χ4v) is 1.95. The van der Waals surface area contributed by atoms with Crippen LogP contribution in [0.2, 0.25) is 0 Å². The van der Waals surface area contributed by atoms with Crippen molar-refractivity contribution in [2.45, 2.75) is 31.4 Å². The topological polar surface area (TPSA) is 79.5 Å². The van der Waals surface area contributed by atoms with Crippen LogP contribution in [0.1, 0.15) is 30.8 Å². The van der Waals surface area contributed by atoms with Gasteiger partial charge in [0.25, 0.3) is 0 Å². The van der Waals surface area contributed by atoms with Gasteiger partial charge in [-0.05, 0) is 26.0 Å². The average Bonchev–Trinajstić information content (AvgIpc) is 2.65. The maximum atomic E-state index is 11.3. The Hall–Kier alpha value is -1.43. The van der Waals surface area contributed by atoms with Gasteiger partial charge in [-0.1, -0.05) is 11.8 Å². The van der Waals surface area contributed by atoms with Crippen LogP contribution in [0.25, 0.3) is 0 Å². The molecule has 0 aliphatic rings. The molecule has 0 aliphatic heterocycles. The summed E-state index contributed by atoms with van der Waals surface area (Å²) in [6.45, 7) is 3.80. The summed E-state index contributed by atoms with van der Waals surface area (Å²) in [4.78, 5) is 21.9. The lowest BCUT2D eigenvalue weighted by Crippen LogP contribution is -2.30. The van der Waals surface area contributed by atoms with Crippen LogP contribution >= 0.6 is 11.8 Å². The Labute approximate surface area is 104 Å². The number of aromatic carboxylic acids is 1. The summed E-state index contributed by atoms with van der Waals surface area (Å²) in [7, 11) is 0. The number of hydrogen-bond donors (Lipinski definition) is 2. The van der Waals surface area contributed by atoms with E-state index in [1.807, 2.05) is 13.8 Å². The van der Waals surface area contributed by atoms with Crippen LogP contribution in [0.5, 0.6) is 0 Å². The van der Waals surface area contributed by atoms with E-state index in [0.717, 1.165) is 0 Å². The molecular formula is C11H15NO4S. The van der Waals surface area contributed by atoms with E-state index in [9.17, 15) is 9.59 Å². The third-order valence-electron chi connectivity index (χ3n) is 1.82. The Balaban J connectivity index is 2.31. The second-order valence-electron chi connectivity index (χ2n) is 3.74. The van der Waals surface area contributed by atoms with Crippen LogP contribution < -0.4 is 5.32 Å². The van der Waals surface area contributed by atoms with Crippen LogP contribution in [0.4, 0.5) is 0 Å². The number of furan rings is 1. The van der Waals surface area contributed by atoms with E-state index in [2.05, 4.69) is 5.32 Å². The molecular weight excluding hydrogens is 242 g/mol. The Morgan fingerprint density at radius 2 is 2.18 bits per heavy atom. The number of carbonyl (C=O) groups excluding carboxylic acids is 1. The maximum Gasteiger partial charge on any atom is 0.371 e. The third kappa shape index (κ3) is 4.95. The Morgan fingerprint density at radius 3 is 2.71 bits per heavy atom. The van der Waals surface area contributed by atoms with Crippen molar-refractivity contribution in [2.75, 3.05) is 5.75 Å². The van der Waals surface area contributed by atoms with Crippen molar-refractivity contribution in [2.24, 2.45) is 0 Å². The van der Waals surface area contributed by atoms with Crippen molar-refractivity contribution in [1.29, 1.82) is 0 Å². The fraction of sp³-hybridized carbons (Fsp3) is 0.455. The van der Waals surface area contributed by atoms with Gasteiger partial charge in [0.05, 0.1) is 0 Å². The first-order valence-corrected chi connectivity index (χ1v) is 6.23. The van der Waals surface area contributed by atoms with E-state index >= 15 is 0 Å². The zero-order valence-electron chi connectivity index (χ0n) is 9.73. The second kappa shape index (κ2) is 6.34. The lowest BCUT2D eigenvalue weighted by Gasteiger charge is -2.06. The van der Waals surface area contributed by atoms with E-state index in [4.69, 9.17) is 9.52 Å². The van der Waals surface area contributed by atoms with E-state index in [1.165, 1.54) is 17.8 Å². The van der Waals surface area contributed by atoms with E-state index in [0.29, 0.717) is 17.3 Å². The highest BCUT2D eigenvalue weighted by atomic mass is 32.2. The summed E-state index contributed by atoms with van der Waals surface area (Å²) in [6.07, 6.45) is 0.381. The number of hydrogen-bond acceptors (Lipinski definition) is 4. The summed E-state index contributed by atoms with van der Waals surface area (Å²) in [5, 5.41) is 11.9. The first-order valence-electron chi connectivity index (χ1n) is 5.24. The lowest BCUT2D eigenvalue weighted by atomic mass is 10.3. The minimum absolute atomic E-state index is 0.0162. The summed E-state index contributed by atoms with van der Waals surface area (Å²) in [5.74, 6) is -0.628. The quantitative estimate of drug-likeness (QED) is 0.762. The molecule has 0 spiro atoms. The molecule has 1 heterocycles. The number of carbonyl (C=O) groups is 2. The normalized spacial score (nSPS) is 10.5. The van der Waals surface area contributed by atoms with Gasteiger partial charge in [0.2, 0.25) is 11.7 Å². The van der Waals surface area contributed by atoms with E-state index < -0.39 is 5.97 Å². The van der Waals surface area contributed by atoms with Gasteiger partial charge in [-0.25, -0.2) is 4.79 Å². The molecule has 0 fully saturated rings. The molecule has 0 saturated carbocycles. The van der Waals surface area contributed by atoms with Gasteiger partial charge in [-0.3, -0.25) is 4.79 Å². The van der Waals surface area contributed by atoms with E-state index in [1.54, 1.807) is 6.07 Å². The molecule has 0 radical (unpaired) electrons. The minimum atomic E-state index is -1.09. The van der Waals surface area contributed by atoms with Gasteiger partial charge >= 0.3 is 5.97 Å². The van der Waals surface area contributed by atoms with Crippen LogP contribution in [-0.2, 0) is 4.79 Å². The largest absolute Gasteiger partial charge is 0.475 e. The average molecular weight is 257 g/mol. The standard InChI is InChI=1S/C11H15NO4S/c1-7(2)12-9(13)5-6-17-10-4-3-8(16-10)11(14)15/h3-4,7H,5-6H2,1-2H3,(H,12,13)(H,14,15). The van der Waals surface area contributed by atoms with Crippen molar-refractivity contribution in [3.05, 3.63) is 17.9 Å². The molecule has 6 heteroatoms. The van der Waals surface area contributed by atoms with Crippen molar-refractivity contribution >= 4 is 23.6 Å². The number of amides is 1. The lowest BCUT2D eigenvalue weighted by molar-refractivity contribution is -0.121. The molecule has 0 aromatic carbocycles. The SMILES string of the molecule is CC(C)NC(=O)CCSc1ccc(C(=O)O)o1. The molecule has 5 nitrogen and oxygen atoms in total. The predicted octanol–water partition coefficient (Wildman–Crippen LogP) is 1.98. The van der Waals surface area contributed by atoms with E-state index in [-0.39, 0.29) is 17.7 Å². The molecule has 1 amide bonds. The highest BCUT2D eigenvalue weighted by Crippen LogP contribution is 2.21. The van der Waals surface area contributed by atoms with Gasteiger partial charge in [-0.2, -0.15) is 0 Å². The molecule has 0 bridgehead atoms. The molecule has 0 aliphatic carbocycles. The third-order valence-corrected chi connectivity index (χ3v) is 2.73. The van der Waals surface area contributed by atoms with Crippen LogP contribution in [0.15, 0.2) is 21.6 Å². The summed E-state index contributed by atoms with van der Waals surface area (Å²) >= 11 is 1.32. The molecule has 0 atom stereocenters. The Bertz CT molecular complexity index is 400. The summed E-state index contributed by atoms with van der Waals surface area (Å²) in [6, 6.07) is 3.13. The van der Waals surface area contributed by atoms with Gasteiger partial charge in [0.1, 0.15) is 0 Å². The number of carboxylic acid groups (broad SMARTS) is 1. The number of carboxylic acids is 1. The minimum Gasteiger partial charge on any atom is -0.475 e. The van der Waals surface area contributed by atoms with Gasteiger partial charge in [0.15, 0.2) is 5.09 Å². The molecule has 17 heavy (non-hydrogen) atoms. The van der Waals surface area contributed by atoms with Crippen LogP contribution in [0, 0.1) is 0 Å². The molecule has 1 aromatic heterocycles. The summed E-state index contributed by atoms with van der Waals surface area (Å²) in [5.41, 5.74) is 0. The molecule has 94 valence electrons. The Kier molecular flexibility index (Phi) is 5.09. The highest BCUT2D eigenvalue weighted by molar-refractivity contribution is 7.99. The summed E-state index contributed by atoms with van der Waals surface area (Å²) < 4.78 is 5.04. The number of thioether (sulfide) groups is 1. The smallest absolute Gasteiger partial charge is 0.371 e. The first-order chi connectivity index (χ1) is 7.99. The molecule has 1 aromatic rings. The zero-order chi connectivity index (χ0) is 12.8. The van der Waals surface area contributed by atoms with Crippen molar-refractivity contribution in [3.8, 4) is 0 Å². The number of nitrogens with one attached hydrogen (secondary N) is 1. The van der Waals surface area contributed by atoms with Crippen molar-refractivity contribution < 1.29 is 19.1 Å². The molecule has 2 N–H and O–H groups in total. The van der Waals surface area contributed by atoms with Gasteiger partial charge < -0.3 is 14.8 Å². The second-order valence-corrected chi connectivity index (χ2v) is 4.84. The first kappa shape index (κ1) is 13.6. The highest BCUT2D eigenvalue weighted by Gasteiger charge is 2.10. The predicted molar refractivity (Wildman–Crippen MR) is 64.3 cm³/mol. The number of rotatable bonds is 6. The monoisotopic (exact) mass is 257 g/mol. The molecule has 1 rings (SSSR count).